The normalized spacial score (nSPS) is 12.9. The first kappa shape index (κ1) is 27.7. The van der Waals surface area contributed by atoms with E-state index in [1.165, 1.54) is 30.0 Å². The second-order valence-electron chi connectivity index (χ2n) is 7.05. The number of ether oxygens (including phenoxy) is 2. The molecule has 3 aromatic rings. The smallest absolute Gasteiger partial charge is 0.119 e. The summed E-state index contributed by atoms with van der Waals surface area (Å²) in [5.74, 6) is 0.919. The summed E-state index contributed by atoms with van der Waals surface area (Å²) in [5, 5.41) is 2.62. The molecule has 1 atom stereocenters. The van der Waals surface area contributed by atoms with Gasteiger partial charge in [-0.3, -0.25) is 0 Å². The van der Waals surface area contributed by atoms with Crippen molar-refractivity contribution in [1.29, 1.82) is 0 Å². The highest BCUT2D eigenvalue weighted by Gasteiger charge is 2.22. The van der Waals surface area contributed by atoms with Gasteiger partial charge in [0.25, 0.3) is 0 Å². The van der Waals surface area contributed by atoms with Crippen LogP contribution in [-0.2, 0) is 4.74 Å². The molecule has 1 heterocycles. The van der Waals surface area contributed by atoms with Gasteiger partial charge in [-0.05, 0) is 22.9 Å². The van der Waals surface area contributed by atoms with Crippen molar-refractivity contribution in [2.24, 2.45) is 0 Å². The van der Waals surface area contributed by atoms with Crippen molar-refractivity contribution in [3.05, 3.63) is 78.9 Å². The standard InChI is InChI=1S/C10H8.C9H10O2.3C3H8/c1-2-6-10-8-4-3-7-9(10)5-1;1-2-4-8(5-3-1)10-6-9-7-11-9;3*1-3-2/h1-8H;1-5,9H,6-7H2;3*3H2,1-2H3. The molecule has 1 aliphatic heterocycles. The summed E-state index contributed by atoms with van der Waals surface area (Å²) in [7, 11) is 0. The number of epoxide rings is 1. The molecule has 2 nitrogen and oxygen atoms in total. The Morgan fingerprint density at radius 1 is 0.633 bits per heavy atom. The van der Waals surface area contributed by atoms with Crippen LogP contribution in [0.25, 0.3) is 10.8 Å². The average molecular weight is 411 g/mol. The maximum Gasteiger partial charge on any atom is 0.119 e. The van der Waals surface area contributed by atoms with Gasteiger partial charge in [0.1, 0.15) is 18.5 Å². The molecule has 0 N–H and O–H groups in total. The van der Waals surface area contributed by atoms with Crippen LogP contribution in [0.5, 0.6) is 5.75 Å². The largest absolute Gasteiger partial charge is 0.491 e. The Bertz CT molecular complexity index is 651. The van der Waals surface area contributed by atoms with Crippen molar-refractivity contribution < 1.29 is 9.47 Å². The van der Waals surface area contributed by atoms with Gasteiger partial charge in [-0.1, -0.05) is 128 Å². The van der Waals surface area contributed by atoms with Gasteiger partial charge >= 0.3 is 0 Å². The number of rotatable bonds is 3. The zero-order valence-electron chi connectivity index (χ0n) is 19.9. The van der Waals surface area contributed by atoms with Gasteiger partial charge in [-0.2, -0.15) is 0 Å². The highest BCUT2D eigenvalue weighted by molar-refractivity contribution is 5.81. The van der Waals surface area contributed by atoms with Gasteiger partial charge in [0, 0.05) is 0 Å². The summed E-state index contributed by atoms with van der Waals surface area (Å²) in [6, 6.07) is 26.5. The van der Waals surface area contributed by atoms with Crippen LogP contribution in [0.15, 0.2) is 78.9 Å². The minimum Gasteiger partial charge on any atom is -0.491 e. The fourth-order valence-electron chi connectivity index (χ4n) is 2.00. The lowest BCUT2D eigenvalue weighted by Crippen LogP contribution is -2.03. The lowest BCUT2D eigenvalue weighted by atomic mass is 10.1. The van der Waals surface area contributed by atoms with Gasteiger partial charge in [-0.25, -0.2) is 0 Å². The van der Waals surface area contributed by atoms with E-state index in [4.69, 9.17) is 9.47 Å². The summed E-state index contributed by atoms with van der Waals surface area (Å²) in [6.45, 7) is 14.3. The minimum absolute atomic E-state index is 0.343. The van der Waals surface area contributed by atoms with Crippen LogP contribution >= 0.6 is 0 Å². The predicted octanol–water partition coefficient (Wildman–Crippen LogP) is 8.55. The van der Waals surface area contributed by atoms with E-state index in [0.29, 0.717) is 12.7 Å². The van der Waals surface area contributed by atoms with E-state index in [-0.39, 0.29) is 0 Å². The minimum atomic E-state index is 0.343. The highest BCUT2D eigenvalue weighted by Crippen LogP contribution is 2.13. The third-order valence-electron chi connectivity index (χ3n) is 3.24. The second kappa shape index (κ2) is 20.0. The van der Waals surface area contributed by atoms with Crippen LogP contribution < -0.4 is 4.74 Å². The molecule has 0 saturated carbocycles. The molecule has 0 spiro atoms. The van der Waals surface area contributed by atoms with Crippen molar-refractivity contribution in [2.75, 3.05) is 13.2 Å². The first-order valence-electron chi connectivity index (χ1n) is 11.4. The molecule has 0 aliphatic carbocycles. The fourth-order valence-corrected chi connectivity index (χ4v) is 2.00. The maximum absolute atomic E-state index is 5.40. The molecule has 1 fully saturated rings. The van der Waals surface area contributed by atoms with Gasteiger partial charge < -0.3 is 9.47 Å². The molecule has 1 unspecified atom stereocenters. The second-order valence-corrected chi connectivity index (χ2v) is 7.05. The summed E-state index contributed by atoms with van der Waals surface area (Å²) in [4.78, 5) is 0. The molecular formula is C28H42O2. The van der Waals surface area contributed by atoms with E-state index in [0.717, 1.165) is 12.4 Å². The van der Waals surface area contributed by atoms with Gasteiger partial charge in [0.15, 0.2) is 0 Å². The van der Waals surface area contributed by atoms with Crippen molar-refractivity contribution >= 4 is 10.8 Å². The molecule has 4 rings (SSSR count). The van der Waals surface area contributed by atoms with Crippen molar-refractivity contribution in [1.82, 2.24) is 0 Å². The topological polar surface area (TPSA) is 21.8 Å². The predicted molar refractivity (Wildman–Crippen MR) is 134 cm³/mol. The molecule has 3 aromatic carbocycles. The Hall–Kier alpha value is -2.32. The van der Waals surface area contributed by atoms with Crippen molar-refractivity contribution in [3.63, 3.8) is 0 Å². The Labute approximate surface area is 185 Å². The molecule has 0 radical (unpaired) electrons. The van der Waals surface area contributed by atoms with E-state index in [2.05, 4.69) is 90.1 Å². The molecule has 2 heteroatoms. The number of hydrogen-bond donors (Lipinski definition) is 0. The maximum atomic E-state index is 5.40. The molecule has 1 aliphatic rings. The van der Waals surface area contributed by atoms with Crippen LogP contribution in [0.2, 0.25) is 0 Å². The molecule has 0 aromatic heterocycles. The fraction of sp³-hybridized carbons (Fsp3) is 0.429. The van der Waals surface area contributed by atoms with Crippen molar-refractivity contribution in [2.45, 2.75) is 66.9 Å². The van der Waals surface area contributed by atoms with E-state index < -0.39 is 0 Å². The monoisotopic (exact) mass is 410 g/mol. The van der Waals surface area contributed by atoms with E-state index in [1.807, 2.05) is 30.3 Å². The van der Waals surface area contributed by atoms with E-state index >= 15 is 0 Å². The van der Waals surface area contributed by atoms with Crippen LogP contribution in [0, 0.1) is 0 Å². The van der Waals surface area contributed by atoms with Gasteiger partial charge in [0.05, 0.1) is 6.61 Å². The third-order valence-corrected chi connectivity index (χ3v) is 3.24. The zero-order chi connectivity index (χ0) is 22.5. The van der Waals surface area contributed by atoms with E-state index in [1.54, 1.807) is 0 Å². The zero-order valence-corrected chi connectivity index (χ0v) is 19.9. The molecule has 0 amide bonds. The Morgan fingerprint density at radius 2 is 0.967 bits per heavy atom. The molecular weight excluding hydrogens is 368 g/mol. The van der Waals surface area contributed by atoms with Gasteiger partial charge in [0.2, 0.25) is 0 Å². The number of hydrogen-bond acceptors (Lipinski definition) is 2. The summed E-state index contributed by atoms with van der Waals surface area (Å²) >= 11 is 0. The van der Waals surface area contributed by atoms with Crippen molar-refractivity contribution in [3.8, 4) is 5.75 Å². The average Bonchev–Trinajstić information content (AvgIpc) is 3.60. The van der Waals surface area contributed by atoms with Crippen LogP contribution in [0.1, 0.15) is 60.8 Å². The van der Waals surface area contributed by atoms with Crippen LogP contribution in [0.4, 0.5) is 0 Å². The quantitative estimate of drug-likeness (QED) is 0.403. The summed E-state index contributed by atoms with van der Waals surface area (Å²) < 4.78 is 10.4. The first-order valence-corrected chi connectivity index (χ1v) is 11.4. The summed E-state index contributed by atoms with van der Waals surface area (Å²) in [5.41, 5.74) is 0. The lowest BCUT2D eigenvalue weighted by Gasteiger charge is -2.01. The molecule has 166 valence electrons. The molecule has 30 heavy (non-hydrogen) atoms. The Balaban J connectivity index is 0.000000407. The SMILES string of the molecule is CCC.CCC.CCC.c1ccc(OCC2CO2)cc1.c1ccc2ccccc2c1. The third kappa shape index (κ3) is 15.6. The van der Waals surface area contributed by atoms with Gasteiger partial charge in [-0.15, -0.1) is 0 Å². The first-order chi connectivity index (χ1) is 14.7. The summed E-state index contributed by atoms with van der Waals surface area (Å²) in [6.07, 6.45) is 4.09. The molecule has 0 bridgehead atoms. The molecule has 1 saturated heterocycles. The Morgan fingerprint density at radius 3 is 1.30 bits per heavy atom. The number of para-hydroxylation sites is 1. The highest BCUT2D eigenvalue weighted by atomic mass is 16.6. The Kier molecular flexibility index (Phi) is 18.4. The lowest BCUT2D eigenvalue weighted by molar-refractivity contribution is 0.263. The van der Waals surface area contributed by atoms with Crippen LogP contribution in [0.3, 0.4) is 0 Å². The number of benzene rings is 3. The van der Waals surface area contributed by atoms with Crippen LogP contribution in [-0.4, -0.2) is 19.3 Å². The number of fused-ring (bicyclic) bond motifs is 1. The van der Waals surface area contributed by atoms with E-state index in [9.17, 15) is 0 Å².